The molecular weight excluding hydrogens is 604 g/mol. The molecule has 0 aliphatic carbocycles. The summed E-state index contributed by atoms with van der Waals surface area (Å²) in [5, 5.41) is 89.2. The first kappa shape index (κ1) is 34.6. The molecule has 250 valence electrons. The Hall–Kier alpha value is -3.29. The van der Waals surface area contributed by atoms with Crippen molar-refractivity contribution in [3.05, 3.63) is 41.5 Å². The van der Waals surface area contributed by atoms with Crippen LogP contribution in [-0.4, -0.2) is 134 Å². The van der Waals surface area contributed by atoms with Gasteiger partial charge in [0.15, 0.2) is 23.6 Å². The fourth-order valence-electron chi connectivity index (χ4n) is 5.20. The van der Waals surface area contributed by atoms with Crippen LogP contribution in [-0.2, 0) is 14.2 Å². The number of phenolic OH excluding ortho intramolecular Hbond substituents is 2. The molecule has 2 aromatic rings. The van der Waals surface area contributed by atoms with Crippen LogP contribution in [0.4, 0.5) is 0 Å². The second kappa shape index (κ2) is 14.4. The molecule has 16 nitrogen and oxygen atoms in total. The third-order valence-corrected chi connectivity index (χ3v) is 7.70. The third-order valence-electron chi connectivity index (χ3n) is 7.70. The van der Waals surface area contributed by atoms with Gasteiger partial charge in [0.1, 0.15) is 71.6 Å². The van der Waals surface area contributed by atoms with Crippen LogP contribution in [0.25, 0.3) is 0 Å². The SMILES string of the molecule is CO.COc1ccc([C@@H]2CC(=O)c3c(O)cc(O[C@@H]4O[C@H](CO[C@@H]5O[C@H](C)[C@H](O)[C@@H](O)[C@H]5O)[C@@H](O)[C@H](O)[C@H]4O)cc3O2)cc1O. The van der Waals surface area contributed by atoms with E-state index < -0.39 is 85.7 Å². The zero-order chi connectivity index (χ0) is 33.2. The predicted molar refractivity (Wildman–Crippen MR) is 149 cm³/mol. The number of benzene rings is 2. The summed E-state index contributed by atoms with van der Waals surface area (Å²) in [5.74, 6) is -0.999. The summed E-state index contributed by atoms with van der Waals surface area (Å²) in [5.41, 5.74) is 0.373. The molecule has 0 bridgehead atoms. The third kappa shape index (κ3) is 7.10. The second-order valence-corrected chi connectivity index (χ2v) is 10.6. The first-order valence-electron chi connectivity index (χ1n) is 14.0. The van der Waals surface area contributed by atoms with Crippen molar-refractivity contribution in [2.24, 2.45) is 0 Å². The summed E-state index contributed by atoms with van der Waals surface area (Å²) >= 11 is 0. The molecule has 45 heavy (non-hydrogen) atoms. The molecule has 0 radical (unpaired) electrons. The predicted octanol–water partition coefficient (Wildman–Crippen LogP) is -1.55. The number of hydrogen-bond acceptors (Lipinski definition) is 16. The number of Topliss-reactive ketones (excluding diaryl/α,β-unsaturated/α-hetero) is 1. The van der Waals surface area contributed by atoms with Crippen molar-refractivity contribution in [2.45, 2.75) is 80.9 Å². The lowest BCUT2D eigenvalue weighted by Gasteiger charge is -2.42. The number of aliphatic hydroxyl groups is 7. The Morgan fingerprint density at radius 1 is 0.822 bits per heavy atom. The summed E-state index contributed by atoms with van der Waals surface area (Å²) in [6.45, 7) is 0.964. The molecule has 9 N–H and O–H groups in total. The maximum atomic E-state index is 12.9. The number of fused-ring (bicyclic) bond motifs is 1. The number of phenols is 2. The Labute approximate surface area is 257 Å². The molecule has 2 aromatic carbocycles. The van der Waals surface area contributed by atoms with Gasteiger partial charge in [-0.2, -0.15) is 0 Å². The average molecular weight is 643 g/mol. The molecular formula is C29H38O16. The van der Waals surface area contributed by atoms with Crippen LogP contribution in [0, 0.1) is 0 Å². The van der Waals surface area contributed by atoms with E-state index in [1.165, 1.54) is 32.2 Å². The molecule has 0 saturated carbocycles. The van der Waals surface area contributed by atoms with Gasteiger partial charge in [-0.15, -0.1) is 0 Å². The molecule has 0 unspecified atom stereocenters. The van der Waals surface area contributed by atoms with E-state index in [4.69, 9.17) is 33.5 Å². The van der Waals surface area contributed by atoms with E-state index in [1.54, 1.807) is 6.07 Å². The van der Waals surface area contributed by atoms with Crippen molar-refractivity contribution >= 4 is 5.78 Å². The van der Waals surface area contributed by atoms with Crippen LogP contribution < -0.4 is 14.2 Å². The van der Waals surface area contributed by atoms with E-state index in [1.807, 2.05) is 0 Å². The van der Waals surface area contributed by atoms with Gasteiger partial charge in [0.05, 0.1) is 26.2 Å². The second-order valence-electron chi connectivity index (χ2n) is 10.6. The van der Waals surface area contributed by atoms with Crippen LogP contribution in [0.2, 0.25) is 0 Å². The minimum atomic E-state index is -1.77. The number of ether oxygens (including phenoxy) is 6. The van der Waals surface area contributed by atoms with E-state index >= 15 is 0 Å². The molecule has 3 heterocycles. The molecule has 2 saturated heterocycles. The van der Waals surface area contributed by atoms with E-state index in [2.05, 4.69) is 0 Å². The van der Waals surface area contributed by atoms with E-state index in [0.717, 1.165) is 13.2 Å². The van der Waals surface area contributed by atoms with Crippen LogP contribution in [0.1, 0.15) is 35.4 Å². The topological polar surface area (TPSA) is 255 Å². The van der Waals surface area contributed by atoms with Crippen molar-refractivity contribution in [3.63, 3.8) is 0 Å². The van der Waals surface area contributed by atoms with Crippen LogP contribution >= 0.6 is 0 Å². The van der Waals surface area contributed by atoms with Gasteiger partial charge in [0, 0.05) is 19.2 Å². The Morgan fingerprint density at radius 2 is 1.49 bits per heavy atom. The van der Waals surface area contributed by atoms with Crippen LogP contribution in [0.3, 0.4) is 0 Å². The Kier molecular flexibility index (Phi) is 11.1. The highest BCUT2D eigenvalue weighted by molar-refractivity contribution is 6.02. The highest BCUT2D eigenvalue weighted by Crippen LogP contribution is 2.43. The smallest absolute Gasteiger partial charge is 0.229 e. The van der Waals surface area contributed by atoms with Crippen molar-refractivity contribution < 1.29 is 79.2 Å². The normalized spacial score (nSPS) is 34.5. The first-order chi connectivity index (χ1) is 21.4. The number of rotatable bonds is 7. The van der Waals surface area contributed by atoms with Crippen molar-refractivity contribution in [3.8, 4) is 28.7 Å². The van der Waals surface area contributed by atoms with Crippen molar-refractivity contribution in [1.29, 1.82) is 0 Å². The molecule has 2 fully saturated rings. The summed E-state index contributed by atoms with van der Waals surface area (Å²) < 4.78 is 33.1. The average Bonchev–Trinajstić information content (AvgIpc) is 3.02. The van der Waals surface area contributed by atoms with Gasteiger partial charge in [-0.1, -0.05) is 6.07 Å². The maximum absolute atomic E-state index is 12.9. The molecule has 5 rings (SSSR count). The van der Waals surface area contributed by atoms with Crippen LogP contribution in [0.15, 0.2) is 30.3 Å². The molecule has 0 amide bonds. The Bertz CT molecular complexity index is 1320. The van der Waals surface area contributed by atoms with Gasteiger partial charge in [-0.05, 0) is 24.6 Å². The fourth-order valence-corrected chi connectivity index (χ4v) is 5.20. The van der Waals surface area contributed by atoms with Gasteiger partial charge >= 0.3 is 0 Å². The van der Waals surface area contributed by atoms with E-state index in [-0.39, 0.29) is 35.0 Å². The zero-order valence-corrected chi connectivity index (χ0v) is 24.5. The summed E-state index contributed by atoms with van der Waals surface area (Å²) in [4.78, 5) is 12.9. The fraction of sp³-hybridized carbons (Fsp3) is 0.552. The molecule has 0 spiro atoms. The zero-order valence-electron chi connectivity index (χ0n) is 24.5. The number of aromatic hydroxyl groups is 2. The van der Waals surface area contributed by atoms with Gasteiger partial charge in [-0.25, -0.2) is 0 Å². The Balaban J connectivity index is 0.00000226. The molecule has 16 heteroatoms. The lowest BCUT2D eigenvalue weighted by Crippen LogP contribution is -2.61. The number of hydrogen-bond donors (Lipinski definition) is 9. The molecule has 3 aliphatic rings. The highest BCUT2D eigenvalue weighted by Gasteiger charge is 2.47. The summed E-state index contributed by atoms with van der Waals surface area (Å²) in [7, 11) is 2.39. The quantitative estimate of drug-likeness (QED) is 0.166. The molecule has 11 atom stereocenters. The van der Waals surface area contributed by atoms with E-state index in [0.29, 0.717) is 5.56 Å². The van der Waals surface area contributed by atoms with Crippen LogP contribution in [0.5, 0.6) is 28.7 Å². The standard InChI is InChI=1S/C28H34O15.CH4O/c1-10-21(32)23(34)25(36)27(40-10)39-9-19-22(33)24(35)26(37)28(43-19)41-12-6-14(30)20-15(31)8-17(42-18(20)7-12)11-3-4-16(38-2)13(29)5-11;1-2/h3-7,10,17,19,21-30,32-37H,8-9H2,1-2H3;2H,1H3/t10-,17+,19-,21+,22-,23-,24+,25-,26-,27-,28-;/m1./s1. The first-order valence-corrected chi connectivity index (χ1v) is 14.0. The number of aliphatic hydroxyl groups excluding tert-OH is 7. The van der Waals surface area contributed by atoms with Gasteiger partial charge < -0.3 is 74.4 Å². The van der Waals surface area contributed by atoms with Gasteiger partial charge in [0.25, 0.3) is 0 Å². The van der Waals surface area contributed by atoms with Crippen molar-refractivity contribution in [2.75, 3.05) is 20.8 Å². The van der Waals surface area contributed by atoms with Gasteiger partial charge in [-0.3, -0.25) is 4.79 Å². The lowest BCUT2D eigenvalue weighted by molar-refractivity contribution is -0.318. The van der Waals surface area contributed by atoms with Gasteiger partial charge in [0.2, 0.25) is 6.29 Å². The monoisotopic (exact) mass is 642 g/mol. The number of carbonyl (C=O) groups excluding carboxylic acids is 1. The molecule has 3 aliphatic heterocycles. The van der Waals surface area contributed by atoms with Crippen molar-refractivity contribution in [1.82, 2.24) is 0 Å². The summed E-state index contributed by atoms with van der Waals surface area (Å²) in [6.07, 6.45) is -15.9. The number of ketones is 1. The lowest BCUT2D eigenvalue weighted by atomic mass is 9.95. The minimum absolute atomic E-state index is 0.0457. The number of carbonyl (C=O) groups is 1. The minimum Gasteiger partial charge on any atom is -0.507 e. The van der Waals surface area contributed by atoms with E-state index in [9.17, 15) is 45.6 Å². The highest BCUT2D eigenvalue weighted by atomic mass is 16.7. The molecule has 0 aromatic heterocycles. The Morgan fingerprint density at radius 3 is 2.16 bits per heavy atom. The summed E-state index contributed by atoms with van der Waals surface area (Å²) in [6, 6.07) is 6.90. The number of methoxy groups -OCH3 is 1. The largest absolute Gasteiger partial charge is 0.507 e. The maximum Gasteiger partial charge on any atom is 0.229 e.